The van der Waals surface area contributed by atoms with Gasteiger partial charge in [-0.1, -0.05) is 17.7 Å². The van der Waals surface area contributed by atoms with E-state index in [-0.39, 0.29) is 11.7 Å². The zero-order chi connectivity index (χ0) is 20.6. The number of anilines is 1. The molecule has 7 nitrogen and oxygen atoms in total. The van der Waals surface area contributed by atoms with E-state index in [1.54, 1.807) is 6.92 Å². The summed E-state index contributed by atoms with van der Waals surface area (Å²) in [5.41, 5.74) is 0.959. The molecule has 1 aromatic rings. The van der Waals surface area contributed by atoms with Gasteiger partial charge < -0.3 is 15.4 Å². The molecule has 0 aromatic heterocycles. The van der Waals surface area contributed by atoms with Crippen LogP contribution < -0.4 is 10.6 Å². The van der Waals surface area contributed by atoms with Crippen LogP contribution in [0.4, 0.5) is 5.69 Å². The monoisotopic (exact) mass is 403 g/mol. The average Bonchev–Trinajstić information content (AvgIpc) is 3.15. The lowest BCUT2D eigenvalue weighted by Gasteiger charge is -2.22. The number of hydrogen-bond acceptors (Lipinski definition) is 6. The van der Waals surface area contributed by atoms with Gasteiger partial charge in [0.2, 0.25) is 5.91 Å². The van der Waals surface area contributed by atoms with E-state index < -0.39 is 29.3 Å². The molecule has 1 unspecified atom stereocenters. The number of carbonyl (C=O) groups excluding carboxylic acids is 3. The second-order valence-corrected chi connectivity index (χ2v) is 8.25. The molecule has 1 aliphatic rings. The average molecular weight is 404 g/mol. The molecule has 28 heavy (non-hydrogen) atoms. The molecule has 0 heterocycles. The molecule has 1 fully saturated rings. The van der Waals surface area contributed by atoms with Crippen molar-refractivity contribution in [3.8, 4) is 6.07 Å². The maximum absolute atomic E-state index is 12.0. The molecule has 2 rings (SSSR count). The number of thioether (sulfide) groups is 1. The van der Waals surface area contributed by atoms with Crippen LogP contribution in [0, 0.1) is 18.3 Å². The Morgan fingerprint density at radius 2 is 1.86 bits per heavy atom. The smallest absolute Gasteiger partial charge is 0.319 e. The Kier molecular flexibility index (Phi) is 7.88. The van der Waals surface area contributed by atoms with Gasteiger partial charge in [-0.3, -0.25) is 14.4 Å². The second-order valence-electron chi connectivity index (χ2n) is 6.92. The lowest BCUT2D eigenvalue weighted by Crippen LogP contribution is -2.47. The van der Waals surface area contributed by atoms with Gasteiger partial charge >= 0.3 is 5.97 Å². The Hall–Kier alpha value is -2.53. The first-order valence-corrected chi connectivity index (χ1v) is 10.3. The number of benzene rings is 1. The van der Waals surface area contributed by atoms with Crippen molar-refractivity contribution < 1.29 is 19.1 Å². The van der Waals surface area contributed by atoms with Gasteiger partial charge in [-0.2, -0.15) is 5.26 Å². The van der Waals surface area contributed by atoms with Crippen molar-refractivity contribution in [2.75, 3.05) is 17.7 Å². The Morgan fingerprint density at radius 1 is 1.21 bits per heavy atom. The first kappa shape index (κ1) is 21.8. The van der Waals surface area contributed by atoms with Gasteiger partial charge in [-0.25, -0.2) is 0 Å². The summed E-state index contributed by atoms with van der Waals surface area (Å²) in [5.74, 6) is -1.18. The quantitative estimate of drug-likeness (QED) is 0.646. The number of ether oxygens (including phenoxy) is 1. The molecular weight excluding hydrogens is 378 g/mol. The highest BCUT2D eigenvalue weighted by atomic mass is 32.2. The zero-order valence-electron chi connectivity index (χ0n) is 16.1. The van der Waals surface area contributed by atoms with Crippen LogP contribution in [-0.2, 0) is 19.1 Å². The SMILES string of the molecule is Cc1ccc(NC(=O)CSC(C)C(=O)OCC(=O)NC2(C#N)CCCC2)cc1. The van der Waals surface area contributed by atoms with E-state index in [9.17, 15) is 19.6 Å². The number of hydrogen-bond donors (Lipinski definition) is 2. The van der Waals surface area contributed by atoms with E-state index in [2.05, 4.69) is 16.7 Å². The normalized spacial score (nSPS) is 15.9. The Balaban J connectivity index is 1.69. The molecule has 2 amide bonds. The highest BCUT2D eigenvalue weighted by molar-refractivity contribution is 8.01. The van der Waals surface area contributed by atoms with Crippen LogP contribution in [0.15, 0.2) is 24.3 Å². The van der Waals surface area contributed by atoms with Crippen molar-refractivity contribution in [1.82, 2.24) is 5.32 Å². The standard InChI is InChI=1S/C20H25N3O4S/c1-14-5-7-16(8-6-14)22-18(25)12-28-15(2)19(26)27-11-17(24)23-20(13-21)9-3-4-10-20/h5-8,15H,3-4,9-12H2,1-2H3,(H,22,25)(H,23,24). The number of nitrogens with one attached hydrogen (secondary N) is 2. The fraction of sp³-hybridized carbons (Fsp3) is 0.500. The first-order valence-electron chi connectivity index (χ1n) is 9.20. The van der Waals surface area contributed by atoms with Crippen LogP contribution in [0.5, 0.6) is 0 Å². The number of carbonyl (C=O) groups is 3. The minimum absolute atomic E-state index is 0.0912. The van der Waals surface area contributed by atoms with Crippen molar-refractivity contribution >= 4 is 35.2 Å². The van der Waals surface area contributed by atoms with Crippen molar-refractivity contribution in [2.24, 2.45) is 0 Å². The van der Waals surface area contributed by atoms with Crippen molar-refractivity contribution in [3.05, 3.63) is 29.8 Å². The number of nitriles is 1. The van der Waals surface area contributed by atoms with Gasteiger partial charge in [0.05, 0.1) is 11.8 Å². The van der Waals surface area contributed by atoms with E-state index in [1.165, 1.54) is 0 Å². The maximum atomic E-state index is 12.0. The van der Waals surface area contributed by atoms with Crippen LogP contribution in [0.1, 0.15) is 38.2 Å². The molecule has 0 radical (unpaired) electrons. The summed E-state index contributed by atoms with van der Waals surface area (Å²) >= 11 is 1.13. The third-order valence-electron chi connectivity index (χ3n) is 4.53. The summed E-state index contributed by atoms with van der Waals surface area (Å²) in [6, 6.07) is 9.57. The third kappa shape index (κ3) is 6.57. The highest BCUT2D eigenvalue weighted by Gasteiger charge is 2.35. The van der Waals surface area contributed by atoms with Gasteiger partial charge in [-0.05, 0) is 51.7 Å². The molecule has 0 spiro atoms. The molecule has 1 aromatic carbocycles. The summed E-state index contributed by atoms with van der Waals surface area (Å²) < 4.78 is 5.02. The number of nitrogens with zero attached hydrogens (tertiary/aromatic N) is 1. The van der Waals surface area contributed by atoms with Gasteiger partial charge in [0.15, 0.2) is 6.61 Å². The topological polar surface area (TPSA) is 108 Å². The summed E-state index contributed by atoms with van der Waals surface area (Å²) in [6.45, 7) is 3.16. The largest absolute Gasteiger partial charge is 0.455 e. The minimum Gasteiger partial charge on any atom is -0.455 e. The molecular formula is C20H25N3O4S. The molecule has 8 heteroatoms. The Bertz CT molecular complexity index is 752. The van der Waals surface area contributed by atoms with E-state index >= 15 is 0 Å². The molecule has 0 aliphatic heterocycles. The van der Waals surface area contributed by atoms with Crippen LogP contribution in [0.25, 0.3) is 0 Å². The molecule has 1 aliphatic carbocycles. The summed E-state index contributed by atoms with van der Waals surface area (Å²) in [4.78, 5) is 36.0. The van der Waals surface area contributed by atoms with Crippen LogP contribution >= 0.6 is 11.8 Å². The lowest BCUT2D eigenvalue weighted by atomic mass is 10.00. The number of rotatable bonds is 8. The molecule has 0 bridgehead atoms. The lowest BCUT2D eigenvalue weighted by molar-refractivity contribution is -0.148. The van der Waals surface area contributed by atoms with E-state index in [4.69, 9.17) is 4.74 Å². The summed E-state index contributed by atoms with van der Waals surface area (Å²) in [6.07, 6.45) is 3.02. The molecule has 1 saturated carbocycles. The minimum atomic E-state index is -0.835. The first-order chi connectivity index (χ1) is 13.3. The van der Waals surface area contributed by atoms with Crippen molar-refractivity contribution in [3.63, 3.8) is 0 Å². The predicted molar refractivity (Wildman–Crippen MR) is 108 cm³/mol. The van der Waals surface area contributed by atoms with Crippen molar-refractivity contribution in [1.29, 1.82) is 5.26 Å². The number of aryl methyl sites for hydroxylation is 1. The molecule has 150 valence electrons. The van der Waals surface area contributed by atoms with E-state index in [0.29, 0.717) is 18.5 Å². The van der Waals surface area contributed by atoms with Crippen LogP contribution in [0.3, 0.4) is 0 Å². The Labute approximate surface area is 169 Å². The maximum Gasteiger partial charge on any atom is 0.319 e. The van der Waals surface area contributed by atoms with Gasteiger partial charge in [-0.15, -0.1) is 11.8 Å². The number of amides is 2. The molecule has 2 N–H and O–H groups in total. The fourth-order valence-electron chi connectivity index (χ4n) is 2.90. The highest BCUT2D eigenvalue weighted by Crippen LogP contribution is 2.28. The van der Waals surface area contributed by atoms with Gasteiger partial charge in [0.1, 0.15) is 10.8 Å². The summed E-state index contributed by atoms with van der Waals surface area (Å²) in [5, 5.41) is 14.1. The third-order valence-corrected chi connectivity index (χ3v) is 5.65. The Morgan fingerprint density at radius 3 is 2.46 bits per heavy atom. The predicted octanol–water partition coefficient (Wildman–Crippen LogP) is 2.55. The zero-order valence-corrected chi connectivity index (χ0v) is 16.9. The van der Waals surface area contributed by atoms with Crippen LogP contribution in [0.2, 0.25) is 0 Å². The number of esters is 1. The van der Waals surface area contributed by atoms with Crippen molar-refractivity contribution in [2.45, 2.75) is 50.3 Å². The molecule has 1 atom stereocenters. The fourth-order valence-corrected chi connectivity index (χ4v) is 3.58. The van der Waals surface area contributed by atoms with Gasteiger partial charge in [0, 0.05) is 5.69 Å². The van der Waals surface area contributed by atoms with Crippen LogP contribution in [-0.4, -0.2) is 40.9 Å². The van der Waals surface area contributed by atoms with Gasteiger partial charge in [0.25, 0.3) is 5.91 Å². The molecule has 0 saturated heterocycles. The van der Waals surface area contributed by atoms with E-state index in [1.807, 2.05) is 31.2 Å². The van der Waals surface area contributed by atoms with E-state index in [0.717, 1.165) is 30.2 Å². The second kappa shape index (κ2) is 10.1. The summed E-state index contributed by atoms with van der Waals surface area (Å²) in [7, 11) is 0.